The number of rotatable bonds is 5. The summed E-state index contributed by atoms with van der Waals surface area (Å²) in [5.74, 6) is 0.610. The van der Waals surface area contributed by atoms with Crippen molar-refractivity contribution in [1.29, 1.82) is 0 Å². The van der Waals surface area contributed by atoms with Gasteiger partial charge in [0.2, 0.25) is 11.7 Å². The van der Waals surface area contributed by atoms with Crippen LogP contribution in [-0.2, 0) is 11.3 Å². The molecule has 10 heteroatoms. The number of carbonyl (C=O) groups excluding carboxylic acids is 1. The zero-order chi connectivity index (χ0) is 17.1. The van der Waals surface area contributed by atoms with Crippen molar-refractivity contribution in [2.75, 3.05) is 5.32 Å². The normalized spacial score (nSPS) is 11.0. The van der Waals surface area contributed by atoms with Crippen LogP contribution in [0, 0.1) is 0 Å². The summed E-state index contributed by atoms with van der Waals surface area (Å²) in [7, 11) is 0. The predicted molar refractivity (Wildman–Crippen MR) is 88.0 cm³/mol. The van der Waals surface area contributed by atoms with Gasteiger partial charge in [-0.1, -0.05) is 34.9 Å². The summed E-state index contributed by atoms with van der Waals surface area (Å²) in [5, 5.41) is 22.1. The Hall–Kier alpha value is -2.62. The summed E-state index contributed by atoms with van der Waals surface area (Å²) in [4.78, 5) is 13.2. The highest BCUT2D eigenvalue weighted by Gasteiger charge is 2.14. The molecule has 3 rings (SSSR count). The van der Waals surface area contributed by atoms with E-state index in [2.05, 4.69) is 46.9 Å². The fourth-order valence-electron chi connectivity index (χ4n) is 1.83. The molecular weight excluding hydrogens is 378 g/mol. The number of anilines is 1. The first-order valence-corrected chi connectivity index (χ1v) is 7.97. The van der Waals surface area contributed by atoms with Gasteiger partial charge in [0.25, 0.3) is 5.91 Å². The molecule has 2 aromatic heterocycles. The summed E-state index contributed by atoms with van der Waals surface area (Å²) in [6, 6.07) is 7.53. The number of hydrogen-bond acceptors (Lipinski definition) is 7. The maximum Gasteiger partial charge on any atom is 0.322 e. The van der Waals surface area contributed by atoms with Gasteiger partial charge < -0.3 is 4.42 Å². The quantitative estimate of drug-likeness (QED) is 0.709. The lowest BCUT2D eigenvalue weighted by Gasteiger charge is -1.99. The van der Waals surface area contributed by atoms with Crippen molar-refractivity contribution >= 4 is 27.9 Å². The molecule has 0 unspecified atom stereocenters. The van der Waals surface area contributed by atoms with Crippen LogP contribution in [0.25, 0.3) is 11.4 Å². The lowest BCUT2D eigenvalue weighted by atomic mass is 10.2. The zero-order valence-electron chi connectivity index (χ0n) is 13.0. The Balaban J connectivity index is 1.63. The Kier molecular flexibility index (Phi) is 4.65. The number of nitrogens with zero attached hydrogens (tertiary/aromatic N) is 6. The minimum absolute atomic E-state index is 0.0527. The lowest BCUT2D eigenvalue weighted by molar-refractivity contribution is -0.117. The Morgan fingerprint density at radius 1 is 1.25 bits per heavy atom. The van der Waals surface area contributed by atoms with Gasteiger partial charge in [-0.3, -0.25) is 10.1 Å². The number of halogens is 1. The van der Waals surface area contributed by atoms with Crippen molar-refractivity contribution in [2.24, 2.45) is 0 Å². The molecule has 1 aromatic carbocycles. The van der Waals surface area contributed by atoms with E-state index < -0.39 is 0 Å². The first-order valence-electron chi connectivity index (χ1n) is 7.18. The van der Waals surface area contributed by atoms with E-state index in [1.165, 1.54) is 4.80 Å². The largest absolute Gasteiger partial charge is 0.408 e. The average molecular weight is 392 g/mol. The van der Waals surface area contributed by atoms with Crippen LogP contribution < -0.4 is 5.32 Å². The molecule has 3 aromatic rings. The molecule has 2 heterocycles. The van der Waals surface area contributed by atoms with E-state index in [9.17, 15) is 4.79 Å². The van der Waals surface area contributed by atoms with E-state index in [0.29, 0.717) is 11.7 Å². The Bertz CT molecular complexity index is 841. The molecule has 0 bridgehead atoms. The Morgan fingerprint density at radius 2 is 2.00 bits per heavy atom. The van der Waals surface area contributed by atoms with Gasteiger partial charge in [0.15, 0.2) is 0 Å². The highest BCUT2D eigenvalue weighted by Crippen LogP contribution is 2.17. The lowest BCUT2D eigenvalue weighted by Crippen LogP contribution is -2.20. The van der Waals surface area contributed by atoms with Gasteiger partial charge in [-0.05, 0) is 29.5 Å². The topological polar surface area (TPSA) is 112 Å². The van der Waals surface area contributed by atoms with Crippen molar-refractivity contribution in [3.05, 3.63) is 34.6 Å². The number of nitrogens with one attached hydrogen (secondary N) is 1. The molecule has 0 radical (unpaired) electrons. The van der Waals surface area contributed by atoms with E-state index in [1.54, 1.807) is 0 Å². The van der Waals surface area contributed by atoms with Gasteiger partial charge in [0.1, 0.15) is 6.54 Å². The van der Waals surface area contributed by atoms with Crippen molar-refractivity contribution in [1.82, 2.24) is 30.4 Å². The highest BCUT2D eigenvalue weighted by atomic mass is 79.9. The van der Waals surface area contributed by atoms with E-state index in [-0.39, 0.29) is 24.4 Å². The minimum Gasteiger partial charge on any atom is -0.408 e. The van der Waals surface area contributed by atoms with Crippen LogP contribution in [0.2, 0.25) is 0 Å². The fourth-order valence-corrected chi connectivity index (χ4v) is 2.09. The molecule has 124 valence electrons. The van der Waals surface area contributed by atoms with Crippen LogP contribution in [-0.4, -0.2) is 36.3 Å². The summed E-state index contributed by atoms with van der Waals surface area (Å²) in [6.45, 7) is 3.73. The molecule has 0 fully saturated rings. The van der Waals surface area contributed by atoms with Crippen molar-refractivity contribution in [2.45, 2.75) is 26.3 Å². The standard InChI is InChI=1S/C14H14BrN7O2/c1-8(2)13-18-19-14(24-13)16-11(23)7-22-20-12(17-21-22)9-3-5-10(15)6-4-9/h3-6,8H,7H2,1-2H3,(H,16,19,23). The smallest absolute Gasteiger partial charge is 0.322 e. The fraction of sp³-hybridized carbons (Fsp3) is 0.286. The van der Waals surface area contributed by atoms with Crippen LogP contribution >= 0.6 is 15.9 Å². The summed E-state index contributed by atoms with van der Waals surface area (Å²) >= 11 is 3.36. The van der Waals surface area contributed by atoms with E-state index in [4.69, 9.17) is 4.42 Å². The second kappa shape index (κ2) is 6.87. The summed E-state index contributed by atoms with van der Waals surface area (Å²) < 4.78 is 6.27. The second-order valence-corrected chi connectivity index (χ2v) is 6.21. The van der Waals surface area contributed by atoms with Gasteiger partial charge in [0.05, 0.1) is 0 Å². The maximum atomic E-state index is 12.0. The van der Waals surface area contributed by atoms with Crippen molar-refractivity contribution in [3.8, 4) is 11.4 Å². The van der Waals surface area contributed by atoms with Gasteiger partial charge in [-0.25, -0.2) is 0 Å². The minimum atomic E-state index is -0.381. The molecule has 1 N–H and O–H groups in total. The monoisotopic (exact) mass is 391 g/mol. The van der Waals surface area contributed by atoms with Crippen molar-refractivity contribution in [3.63, 3.8) is 0 Å². The third kappa shape index (κ3) is 3.82. The highest BCUT2D eigenvalue weighted by molar-refractivity contribution is 9.10. The molecule has 0 spiro atoms. The van der Waals surface area contributed by atoms with Crippen LogP contribution in [0.3, 0.4) is 0 Å². The van der Waals surface area contributed by atoms with Crippen LogP contribution in [0.4, 0.5) is 6.01 Å². The molecule has 0 aliphatic rings. The summed E-state index contributed by atoms with van der Waals surface area (Å²) in [5.41, 5.74) is 0.809. The van der Waals surface area contributed by atoms with Gasteiger partial charge in [-0.15, -0.1) is 15.3 Å². The molecule has 1 amide bonds. The van der Waals surface area contributed by atoms with Crippen LogP contribution in [0.1, 0.15) is 25.7 Å². The number of carbonyl (C=O) groups is 1. The van der Waals surface area contributed by atoms with Crippen LogP contribution in [0.5, 0.6) is 0 Å². The van der Waals surface area contributed by atoms with E-state index in [0.717, 1.165) is 10.0 Å². The SMILES string of the molecule is CC(C)c1nnc(NC(=O)Cn2nnc(-c3ccc(Br)cc3)n2)o1. The first-order chi connectivity index (χ1) is 11.5. The number of tetrazole rings is 1. The van der Waals surface area contributed by atoms with E-state index >= 15 is 0 Å². The molecule has 0 aliphatic carbocycles. The number of amides is 1. The predicted octanol–water partition coefficient (Wildman–Crippen LogP) is 2.25. The number of hydrogen-bond donors (Lipinski definition) is 1. The summed E-state index contributed by atoms with van der Waals surface area (Å²) in [6.07, 6.45) is 0. The van der Waals surface area contributed by atoms with E-state index in [1.807, 2.05) is 38.1 Å². The molecule has 24 heavy (non-hydrogen) atoms. The maximum absolute atomic E-state index is 12.0. The molecule has 0 saturated heterocycles. The zero-order valence-corrected chi connectivity index (χ0v) is 14.6. The molecule has 0 saturated carbocycles. The van der Waals surface area contributed by atoms with Crippen molar-refractivity contribution < 1.29 is 9.21 Å². The molecule has 0 atom stereocenters. The Morgan fingerprint density at radius 3 is 2.67 bits per heavy atom. The average Bonchev–Trinajstić information content (AvgIpc) is 3.17. The third-order valence-electron chi connectivity index (χ3n) is 3.02. The van der Waals surface area contributed by atoms with Gasteiger partial charge >= 0.3 is 6.01 Å². The number of benzene rings is 1. The van der Waals surface area contributed by atoms with Gasteiger partial charge in [0, 0.05) is 16.0 Å². The van der Waals surface area contributed by atoms with Crippen LogP contribution in [0.15, 0.2) is 33.2 Å². The van der Waals surface area contributed by atoms with Gasteiger partial charge in [-0.2, -0.15) is 4.80 Å². The number of aromatic nitrogens is 6. The second-order valence-electron chi connectivity index (χ2n) is 5.30. The first kappa shape index (κ1) is 16.2. The molecule has 9 nitrogen and oxygen atoms in total. The molecular formula is C14H14BrN7O2. The molecule has 0 aliphatic heterocycles. The third-order valence-corrected chi connectivity index (χ3v) is 3.55. The Labute approximate surface area is 145 Å².